The number of pyridine rings is 2. The van der Waals surface area contributed by atoms with E-state index in [0.717, 1.165) is 16.5 Å². The predicted molar refractivity (Wildman–Crippen MR) is 131 cm³/mol. The number of amides is 1. The molecule has 2 aromatic heterocycles. The van der Waals surface area contributed by atoms with Crippen molar-refractivity contribution < 1.29 is 13.2 Å². The van der Waals surface area contributed by atoms with Crippen molar-refractivity contribution >= 4 is 38.4 Å². The van der Waals surface area contributed by atoms with Gasteiger partial charge in [-0.05, 0) is 36.4 Å². The zero-order valence-electron chi connectivity index (χ0n) is 18.1. The molecule has 0 radical (unpaired) electrons. The summed E-state index contributed by atoms with van der Waals surface area (Å²) in [7, 11) is -3.74. The third-order valence-corrected chi connectivity index (χ3v) is 8.30. The third-order valence-electron chi connectivity index (χ3n) is 5.90. The van der Waals surface area contributed by atoms with Crippen LogP contribution in [0.5, 0.6) is 0 Å². The average Bonchev–Trinajstić information content (AvgIpc) is 2.88. The second-order valence-electron chi connectivity index (χ2n) is 7.93. The maximum Gasteiger partial charge on any atom is 0.254 e. The van der Waals surface area contributed by atoms with Gasteiger partial charge in [0, 0.05) is 49.5 Å². The monoisotopic (exact) mass is 492 g/mol. The molecule has 1 aliphatic rings. The van der Waals surface area contributed by atoms with Gasteiger partial charge in [-0.1, -0.05) is 41.9 Å². The number of carbonyl (C=O) groups excluding carboxylic acids is 1. The molecule has 0 aliphatic carbocycles. The highest BCUT2D eigenvalue weighted by Crippen LogP contribution is 2.28. The van der Waals surface area contributed by atoms with Crippen molar-refractivity contribution in [3.05, 3.63) is 89.7 Å². The topological polar surface area (TPSA) is 83.5 Å². The summed E-state index contributed by atoms with van der Waals surface area (Å²) in [6, 6.07) is 19.4. The Labute approximate surface area is 202 Å². The molecule has 1 aliphatic heterocycles. The number of hydrogen-bond acceptors (Lipinski definition) is 5. The summed E-state index contributed by atoms with van der Waals surface area (Å²) >= 11 is 6.13. The van der Waals surface area contributed by atoms with Gasteiger partial charge in [-0.15, -0.1) is 0 Å². The Kier molecular flexibility index (Phi) is 6.03. The molecule has 1 fully saturated rings. The van der Waals surface area contributed by atoms with Crippen LogP contribution in [0.15, 0.2) is 84.0 Å². The zero-order valence-corrected chi connectivity index (χ0v) is 19.7. The second-order valence-corrected chi connectivity index (χ2v) is 10.2. The minimum Gasteiger partial charge on any atom is -0.336 e. The van der Waals surface area contributed by atoms with Gasteiger partial charge < -0.3 is 4.90 Å². The number of para-hydroxylation sites is 1. The number of halogens is 1. The van der Waals surface area contributed by atoms with Crippen molar-refractivity contribution in [1.29, 1.82) is 0 Å². The minimum absolute atomic E-state index is 0.0820. The normalized spacial score (nSPS) is 14.9. The molecule has 0 N–H and O–H groups in total. The SMILES string of the molecule is O=C(c1cc(-c2ccncc2)nc2ccccc12)N1CCN(S(=O)(=O)c2ccccc2Cl)CC1. The quantitative estimate of drug-likeness (QED) is 0.428. The zero-order chi connectivity index (χ0) is 23.7. The molecule has 0 atom stereocenters. The standard InChI is InChI=1S/C25H21ClN4O3S/c26-21-6-2-4-8-24(21)34(32,33)30-15-13-29(14-16-30)25(31)20-17-23(18-9-11-27-12-10-18)28-22-7-3-1-5-19(20)22/h1-12,17H,13-16H2. The number of fused-ring (bicyclic) bond motifs is 1. The van der Waals surface area contributed by atoms with Gasteiger partial charge in [0.05, 0.1) is 21.8 Å². The summed E-state index contributed by atoms with van der Waals surface area (Å²) in [5.41, 5.74) is 2.81. The molecule has 3 heterocycles. The Hall–Kier alpha value is -3.33. The van der Waals surface area contributed by atoms with Crippen molar-refractivity contribution in [2.24, 2.45) is 0 Å². The molecule has 9 heteroatoms. The first-order chi connectivity index (χ1) is 16.4. The fourth-order valence-corrected chi connectivity index (χ4v) is 6.03. The molecular formula is C25H21ClN4O3S. The number of sulfonamides is 1. The van der Waals surface area contributed by atoms with Crippen LogP contribution in [0.25, 0.3) is 22.2 Å². The summed E-state index contributed by atoms with van der Waals surface area (Å²) in [5, 5.41) is 0.948. The lowest BCUT2D eigenvalue weighted by molar-refractivity contribution is 0.0700. The van der Waals surface area contributed by atoms with Crippen molar-refractivity contribution in [3.63, 3.8) is 0 Å². The number of piperazine rings is 1. The molecule has 2 aromatic carbocycles. The minimum atomic E-state index is -3.74. The van der Waals surface area contributed by atoms with Gasteiger partial charge >= 0.3 is 0 Å². The van der Waals surface area contributed by atoms with Crippen molar-refractivity contribution in [3.8, 4) is 11.3 Å². The Morgan fingerprint density at radius 2 is 1.56 bits per heavy atom. The highest BCUT2D eigenvalue weighted by Gasteiger charge is 2.32. The van der Waals surface area contributed by atoms with Crippen LogP contribution < -0.4 is 0 Å². The van der Waals surface area contributed by atoms with Crippen LogP contribution in [0.3, 0.4) is 0 Å². The smallest absolute Gasteiger partial charge is 0.254 e. The van der Waals surface area contributed by atoms with E-state index in [0.29, 0.717) is 11.3 Å². The van der Waals surface area contributed by atoms with Crippen LogP contribution >= 0.6 is 11.6 Å². The number of aromatic nitrogens is 2. The molecule has 7 nitrogen and oxygen atoms in total. The number of carbonyl (C=O) groups is 1. The Morgan fingerprint density at radius 1 is 0.882 bits per heavy atom. The number of rotatable bonds is 4. The van der Waals surface area contributed by atoms with E-state index in [-0.39, 0.29) is 42.0 Å². The Morgan fingerprint density at radius 3 is 2.29 bits per heavy atom. The van der Waals surface area contributed by atoms with Gasteiger partial charge in [0.1, 0.15) is 4.90 Å². The predicted octanol–water partition coefficient (Wildman–Crippen LogP) is 4.10. The van der Waals surface area contributed by atoms with Gasteiger partial charge in [-0.3, -0.25) is 9.78 Å². The molecule has 4 aromatic rings. The second kappa shape index (κ2) is 9.13. The lowest BCUT2D eigenvalue weighted by Crippen LogP contribution is -2.50. The van der Waals surface area contributed by atoms with Gasteiger partial charge in [-0.25, -0.2) is 13.4 Å². The van der Waals surface area contributed by atoms with Crippen molar-refractivity contribution in [2.45, 2.75) is 4.90 Å². The highest BCUT2D eigenvalue weighted by atomic mass is 35.5. The van der Waals surface area contributed by atoms with Gasteiger partial charge in [0.25, 0.3) is 5.91 Å². The third kappa shape index (κ3) is 4.16. The maximum absolute atomic E-state index is 13.6. The van der Waals surface area contributed by atoms with Crippen LogP contribution in [0.2, 0.25) is 5.02 Å². The molecule has 0 bridgehead atoms. The van der Waals surface area contributed by atoms with E-state index >= 15 is 0 Å². The molecule has 0 saturated carbocycles. The first kappa shape index (κ1) is 22.5. The fourth-order valence-electron chi connectivity index (χ4n) is 4.12. The Bertz CT molecular complexity index is 1470. The number of hydrogen-bond donors (Lipinski definition) is 0. The van der Waals surface area contributed by atoms with Crippen molar-refractivity contribution in [1.82, 2.24) is 19.2 Å². The number of benzene rings is 2. The summed E-state index contributed by atoms with van der Waals surface area (Å²) in [5.74, 6) is -0.149. The molecule has 172 valence electrons. The van der Waals surface area contributed by atoms with Crippen molar-refractivity contribution in [2.75, 3.05) is 26.2 Å². The molecule has 0 spiro atoms. The maximum atomic E-state index is 13.6. The van der Waals surface area contributed by atoms with E-state index in [2.05, 4.69) is 4.98 Å². The first-order valence-electron chi connectivity index (χ1n) is 10.8. The van der Waals surface area contributed by atoms with Crippen LogP contribution in [-0.2, 0) is 10.0 Å². The van der Waals surface area contributed by atoms with Crippen LogP contribution in [0.4, 0.5) is 0 Å². The molecular weight excluding hydrogens is 472 g/mol. The van der Waals surface area contributed by atoms with E-state index in [1.54, 1.807) is 41.6 Å². The number of nitrogens with zero attached hydrogens (tertiary/aromatic N) is 4. The lowest BCUT2D eigenvalue weighted by Gasteiger charge is -2.34. The van der Waals surface area contributed by atoms with Gasteiger partial charge in [0.2, 0.25) is 10.0 Å². The molecule has 34 heavy (non-hydrogen) atoms. The summed E-state index contributed by atoms with van der Waals surface area (Å²) in [6.07, 6.45) is 3.37. The van der Waals surface area contributed by atoms with E-state index < -0.39 is 10.0 Å². The summed E-state index contributed by atoms with van der Waals surface area (Å²) < 4.78 is 27.5. The average molecular weight is 493 g/mol. The summed E-state index contributed by atoms with van der Waals surface area (Å²) in [4.78, 5) is 24.1. The first-order valence-corrected chi connectivity index (χ1v) is 12.6. The van der Waals surface area contributed by atoms with Gasteiger partial charge in [0.15, 0.2) is 0 Å². The fraction of sp³-hybridized carbons (Fsp3) is 0.160. The molecule has 5 rings (SSSR count). The molecule has 1 amide bonds. The van der Waals surface area contributed by atoms with Gasteiger partial charge in [-0.2, -0.15) is 4.31 Å². The van der Waals surface area contributed by atoms with Crippen LogP contribution in [0, 0.1) is 0 Å². The molecule has 1 saturated heterocycles. The van der Waals surface area contributed by atoms with E-state index in [4.69, 9.17) is 16.6 Å². The summed E-state index contributed by atoms with van der Waals surface area (Å²) in [6.45, 7) is 0.951. The van der Waals surface area contributed by atoms with E-state index in [9.17, 15) is 13.2 Å². The van der Waals surface area contributed by atoms with E-state index in [1.165, 1.54) is 10.4 Å². The Balaban J connectivity index is 1.42. The van der Waals surface area contributed by atoms with E-state index in [1.807, 2.05) is 36.4 Å². The largest absolute Gasteiger partial charge is 0.336 e. The van der Waals surface area contributed by atoms with Crippen LogP contribution in [-0.4, -0.2) is 59.7 Å². The molecule has 0 unspecified atom stereocenters. The lowest BCUT2D eigenvalue weighted by atomic mass is 10.0. The van der Waals surface area contributed by atoms with Crippen LogP contribution in [0.1, 0.15) is 10.4 Å². The highest BCUT2D eigenvalue weighted by molar-refractivity contribution is 7.89.